The third kappa shape index (κ3) is 6.34. The summed E-state index contributed by atoms with van der Waals surface area (Å²) in [6, 6.07) is 0.708. The summed E-state index contributed by atoms with van der Waals surface area (Å²) < 4.78 is 13.0. The van der Waals surface area contributed by atoms with Crippen LogP contribution < -0.4 is 0 Å². The predicted molar refractivity (Wildman–Crippen MR) is 108 cm³/mol. The number of rotatable bonds is 7. The molecule has 1 N–H and O–H groups in total. The van der Waals surface area contributed by atoms with Crippen LogP contribution in [0.5, 0.6) is 0 Å². The number of hydrogen-bond acceptors (Lipinski definition) is 5. The maximum atomic E-state index is 12.6. The van der Waals surface area contributed by atoms with Crippen LogP contribution in [0, 0.1) is 0 Å². The fraction of sp³-hybridized carbons (Fsp3) is 0.737. The molecule has 1 saturated heterocycles. The maximum absolute atomic E-state index is 12.6. The zero-order valence-corrected chi connectivity index (χ0v) is 18.8. The quantitative estimate of drug-likeness (QED) is 0.539. The molecular formula is C19H33N3O5Si. The maximum Gasteiger partial charge on any atom is 0.410 e. The Morgan fingerprint density at radius 2 is 2.00 bits per heavy atom. The molecule has 2 heterocycles. The minimum absolute atomic E-state index is 0.0418. The standard InChI is InChI=1S/C19H33N3O5Si/c1-19(2,3)27-18(25)22-9-7-8-15(22)16-20-14(17(23)24)12-21(16)13-26-10-11-28(4,5)6/h12,15H,7-11,13H2,1-6H3,(H,23,24)/t15-/m1/s1. The van der Waals surface area contributed by atoms with Gasteiger partial charge in [0.2, 0.25) is 0 Å². The number of likely N-dealkylation sites (tertiary alicyclic amines) is 1. The van der Waals surface area contributed by atoms with E-state index in [1.54, 1.807) is 9.47 Å². The monoisotopic (exact) mass is 411 g/mol. The second kappa shape index (κ2) is 8.65. The zero-order valence-electron chi connectivity index (χ0n) is 17.8. The Balaban J connectivity index is 2.17. The number of carboxylic acid groups (broad SMARTS) is 1. The molecule has 1 atom stereocenters. The number of carbonyl (C=O) groups is 2. The molecule has 0 aromatic carbocycles. The Bertz CT molecular complexity index is 705. The average molecular weight is 412 g/mol. The van der Waals surface area contributed by atoms with E-state index in [1.807, 2.05) is 20.8 Å². The van der Waals surface area contributed by atoms with Gasteiger partial charge in [0.1, 0.15) is 18.2 Å². The topological polar surface area (TPSA) is 93.9 Å². The van der Waals surface area contributed by atoms with Gasteiger partial charge >= 0.3 is 12.1 Å². The van der Waals surface area contributed by atoms with Gasteiger partial charge in [-0.3, -0.25) is 4.90 Å². The number of carboxylic acids is 1. The molecule has 1 fully saturated rings. The predicted octanol–water partition coefficient (Wildman–Crippen LogP) is 3.97. The lowest BCUT2D eigenvalue weighted by atomic mass is 10.2. The average Bonchev–Trinajstić information content (AvgIpc) is 3.15. The van der Waals surface area contributed by atoms with Crippen LogP contribution in [0.15, 0.2) is 6.20 Å². The van der Waals surface area contributed by atoms with Gasteiger partial charge in [0.15, 0.2) is 5.69 Å². The van der Waals surface area contributed by atoms with E-state index in [0.29, 0.717) is 25.4 Å². The van der Waals surface area contributed by atoms with E-state index in [9.17, 15) is 14.7 Å². The van der Waals surface area contributed by atoms with Gasteiger partial charge in [-0.2, -0.15) is 0 Å². The molecule has 2 rings (SSSR count). The van der Waals surface area contributed by atoms with Crippen molar-refractivity contribution in [1.29, 1.82) is 0 Å². The second-order valence-electron chi connectivity index (χ2n) is 9.44. The van der Waals surface area contributed by atoms with Crippen LogP contribution in [0.3, 0.4) is 0 Å². The molecule has 0 unspecified atom stereocenters. The molecule has 1 aliphatic heterocycles. The van der Waals surface area contributed by atoms with Crippen LogP contribution in [0.1, 0.15) is 56.0 Å². The van der Waals surface area contributed by atoms with Gasteiger partial charge in [-0.1, -0.05) is 19.6 Å². The van der Waals surface area contributed by atoms with E-state index in [4.69, 9.17) is 9.47 Å². The lowest BCUT2D eigenvalue weighted by Gasteiger charge is -2.28. The van der Waals surface area contributed by atoms with Crippen molar-refractivity contribution in [2.24, 2.45) is 0 Å². The molecule has 0 bridgehead atoms. The van der Waals surface area contributed by atoms with Crippen molar-refractivity contribution in [1.82, 2.24) is 14.5 Å². The van der Waals surface area contributed by atoms with Gasteiger partial charge < -0.3 is 19.1 Å². The van der Waals surface area contributed by atoms with Gasteiger partial charge in [0.05, 0.1) is 6.04 Å². The highest BCUT2D eigenvalue weighted by atomic mass is 28.3. The van der Waals surface area contributed by atoms with Crippen LogP contribution in [-0.4, -0.2) is 58.4 Å². The largest absolute Gasteiger partial charge is 0.476 e. The number of imidazole rings is 1. The molecule has 1 aromatic heterocycles. The molecule has 1 aromatic rings. The molecule has 0 aliphatic carbocycles. The first kappa shape index (κ1) is 22.4. The summed E-state index contributed by atoms with van der Waals surface area (Å²) in [5.41, 5.74) is -0.633. The minimum Gasteiger partial charge on any atom is -0.476 e. The number of ether oxygens (including phenoxy) is 2. The highest BCUT2D eigenvalue weighted by Gasteiger charge is 2.36. The summed E-state index contributed by atoms with van der Waals surface area (Å²) in [5.74, 6) is -0.558. The number of aromatic carboxylic acids is 1. The number of carbonyl (C=O) groups excluding carboxylic acids is 1. The Hall–Kier alpha value is -1.87. The van der Waals surface area contributed by atoms with E-state index >= 15 is 0 Å². The fourth-order valence-electron chi connectivity index (χ4n) is 3.02. The Labute approximate surface area is 167 Å². The summed E-state index contributed by atoms with van der Waals surface area (Å²) in [4.78, 5) is 29.9. The molecule has 8 nitrogen and oxygen atoms in total. The van der Waals surface area contributed by atoms with Crippen molar-refractivity contribution in [3.05, 3.63) is 17.7 Å². The first-order chi connectivity index (χ1) is 12.9. The first-order valence-electron chi connectivity index (χ1n) is 9.75. The Kier molecular flexibility index (Phi) is 6.92. The van der Waals surface area contributed by atoms with Gasteiger partial charge in [-0.25, -0.2) is 14.6 Å². The number of amides is 1. The van der Waals surface area contributed by atoms with E-state index < -0.39 is 25.7 Å². The number of nitrogens with zero attached hydrogens (tertiary/aromatic N) is 3. The minimum atomic E-state index is -1.21. The van der Waals surface area contributed by atoms with E-state index in [1.165, 1.54) is 6.20 Å². The smallest absolute Gasteiger partial charge is 0.410 e. The highest BCUT2D eigenvalue weighted by molar-refractivity contribution is 6.76. The molecule has 0 radical (unpaired) electrons. The Morgan fingerprint density at radius 3 is 2.57 bits per heavy atom. The van der Waals surface area contributed by atoms with Gasteiger partial charge in [-0.15, -0.1) is 0 Å². The summed E-state index contributed by atoms with van der Waals surface area (Å²) in [7, 11) is -1.21. The zero-order chi connectivity index (χ0) is 21.1. The van der Waals surface area contributed by atoms with Crippen molar-refractivity contribution in [3.63, 3.8) is 0 Å². The Morgan fingerprint density at radius 1 is 1.32 bits per heavy atom. The molecule has 1 amide bonds. The van der Waals surface area contributed by atoms with Crippen LogP contribution in [-0.2, 0) is 16.2 Å². The third-order valence-corrected chi connectivity index (χ3v) is 6.14. The van der Waals surface area contributed by atoms with E-state index in [0.717, 1.165) is 12.5 Å². The van der Waals surface area contributed by atoms with Crippen molar-refractivity contribution in [2.75, 3.05) is 13.2 Å². The van der Waals surface area contributed by atoms with E-state index in [2.05, 4.69) is 24.6 Å². The van der Waals surface area contributed by atoms with Crippen LogP contribution in [0.2, 0.25) is 25.7 Å². The molecule has 28 heavy (non-hydrogen) atoms. The summed E-state index contributed by atoms with van der Waals surface area (Å²) in [6.45, 7) is 13.7. The van der Waals surface area contributed by atoms with Crippen molar-refractivity contribution >= 4 is 20.1 Å². The number of aromatic nitrogens is 2. The second-order valence-corrected chi connectivity index (χ2v) is 15.1. The normalized spacial score (nSPS) is 17.8. The van der Waals surface area contributed by atoms with Gasteiger partial charge in [0, 0.05) is 27.4 Å². The molecule has 0 spiro atoms. The lowest BCUT2D eigenvalue weighted by molar-refractivity contribution is 0.0204. The SMILES string of the molecule is CC(C)(C)OC(=O)N1CCC[C@@H]1c1nc(C(=O)O)cn1COCC[Si](C)(C)C. The third-order valence-electron chi connectivity index (χ3n) is 4.43. The lowest BCUT2D eigenvalue weighted by Crippen LogP contribution is -2.37. The summed E-state index contributed by atoms with van der Waals surface area (Å²) >= 11 is 0. The van der Waals surface area contributed by atoms with E-state index in [-0.39, 0.29) is 18.5 Å². The summed E-state index contributed by atoms with van der Waals surface area (Å²) in [5, 5.41) is 9.36. The van der Waals surface area contributed by atoms with Crippen molar-refractivity contribution < 1.29 is 24.2 Å². The van der Waals surface area contributed by atoms with Crippen LogP contribution in [0.25, 0.3) is 0 Å². The van der Waals surface area contributed by atoms with Gasteiger partial charge in [-0.05, 0) is 39.7 Å². The number of hydrogen-bond donors (Lipinski definition) is 1. The fourth-order valence-corrected chi connectivity index (χ4v) is 3.77. The van der Waals surface area contributed by atoms with Crippen molar-refractivity contribution in [2.45, 2.75) is 77.7 Å². The molecule has 9 heteroatoms. The van der Waals surface area contributed by atoms with Crippen LogP contribution >= 0.6 is 0 Å². The molecular weight excluding hydrogens is 378 g/mol. The first-order valence-corrected chi connectivity index (χ1v) is 13.5. The highest BCUT2D eigenvalue weighted by Crippen LogP contribution is 2.33. The van der Waals surface area contributed by atoms with Crippen LogP contribution in [0.4, 0.5) is 4.79 Å². The summed E-state index contributed by atoms with van der Waals surface area (Å²) in [6.07, 6.45) is 2.61. The van der Waals surface area contributed by atoms with Gasteiger partial charge in [0.25, 0.3) is 0 Å². The molecule has 1 aliphatic rings. The molecule has 0 saturated carbocycles. The van der Waals surface area contributed by atoms with Crippen molar-refractivity contribution in [3.8, 4) is 0 Å². The molecule has 158 valence electrons.